The molecular weight excluding hydrogens is 216 g/mol. The zero-order chi connectivity index (χ0) is 13.0. The standard InChI is InChI=1S/C6H14O2.C4H6O4/c1-6(5-8)3-2-4-7;5-3(6)1-2-4(7)8/h6-8H,2-5H2,1H3;1-2H2,(H,5,6)(H,7,8). The van der Waals surface area contributed by atoms with Crippen LogP contribution in [-0.2, 0) is 9.59 Å². The summed E-state index contributed by atoms with van der Waals surface area (Å²) >= 11 is 0. The predicted octanol–water partition coefficient (Wildman–Crippen LogP) is 0.323. The summed E-state index contributed by atoms with van der Waals surface area (Å²) in [6.07, 6.45) is 1.14. The first-order valence-electron chi connectivity index (χ1n) is 5.09. The Bertz CT molecular complexity index is 178. The van der Waals surface area contributed by atoms with E-state index in [0.717, 1.165) is 12.8 Å². The molecule has 0 aromatic carbocycles. The molecule has 4 N–H and O–H groups in total. The van der Waals surface area contributed by atoms with Crippen LogP contribution in [-0.4, -0.2) is 45.6 Å². The predicted molar refractivity (Wildman–Crippen MR) is 57.1 cm³/mol. The van der Waals surface area contributed by atoms with Crippen LogP contribution in [0.4, 0.5) is 0 Å². The molecule has 0 fully saturated rings. The van der Waals surface area contributed by atoms with Gasteiger partial charge in [-0.15, -0.1) is 0 Å². The molecule has 0 aliphatic heterocycles. The molecule has 0 heterocycles. The summed E-state index contributed by atoms with van der Waals surface area (Å²) in [4.78, 5) is 19.3. The quantitative estimate of drug-likeness (QED) is 0.506. The summed E-state index contributed by atoms with van der Waals surface area (Å²) in [7, 11) is 0. The number of carboxylic acid groups (broad SMARTS) is 2. The Morgan fingerprint density at radius 3 is 1.75 bits per heavy atom. The molecule has 0 aliphatic carbocycles. The smallest absolute Gasteiger partial charge is 0.303 e. The molecule has 1 atom stereocenters. The van der Waals surface area contributed by atoms with Crippen LogP contribution < -0.4 is 0 Å². The van der Waals surface area contributed by atoms with Crippen molar-refractivity contribution in [2.24, 2.45) is 5.92 Å². The van der Waals surface area contributed by atoms with Crippen molar-refractivity contribution in [2.75, 3.05) is 13.2 Å². The first kappa shape index (κ1) is 17.3. The fourth-order valence-corrected chi connectivity index (χ4v) is 0.745. The molecule has 0 aromatic heterocycles. The SMILES string of the molecule is CC(CO)CCCO.O=C(O)CCC(=O)O. The minimum atomic E-state index is -1.08. The highest BCUT2D eigenvalue weighted by Crippen LogP contribution is 2.01. The Hall–Kier alpha value is -1.14. The second-order valence-electron chi connectivity index (χ2n) is 3.44. The topological polar surface area (TPSA) is 115 Å². The summed E-state index contributed by atoms with van der Waals surface area (Å²) in [5, 5.41) is 32.6. The summed E-state index contributed by atoms with van der Waals surface area (Å²) in [5.74, 6) is -1.80. The third-order valence-electron chi connectivity index (χ3n) is 1.72. The third kappa shape index (κ3) is 18.6. The van der Waals surface area contributed by atoms with Crippen LogP contribution in [0.2, 0.25) is 0 Å². The molecule has 0 aromatic rings. The largest absolute Gasteiger partial charge is 0.481 e. The van der Waals surface area contributed by atoms with Gasteiger partial charge in [0.15, 0.2) is 0 Å². The molecule has 96 valence electrons. The molecule has 6 heteroatoms. The molecule has 1 unspecified atom stereocenters. The minimum absolute atomic E-state index is 0.236. The third-order valence-corrected chi connectivity index (χ3v) is 1.72. The van der Waals surface area contributed by atoms with Crippen molar-refractivity contribution in [3.63, 3.8) is 0 Å². The van der Waals surface area contributed by atoms with Gasteiger partial charge < -0.3 is 20.4 Å². The maximum Gasteiger partial charge on any atom is 0.303 e. The van der Waals surface area contributed by atoms with Gasteiger partial charge in [0.25, 0.3) is 0 Å². The first-order chi connectivity index (χ1) is 7.43. The van der Waals surface area contributed by atoms with E-state index < -0.39 is 11.9 Å². The van der Waals surface area contributed by atoms with Gasteiger partial charge in [-0.25, -0.2) is 0 Å². The number of carboxylic acids is 2. The zero-order valence-electron chi connectivity index (χ0n) is 9.43. The second kappa shape index (κ2) is 11.9. The van der Waals surface area contributed by atoms with Crippen molar-refractivity contribution < 1.29 is 30.0 Å². The molecule has 0 radical (unpaired) electrons. The highest BCUT2D eigenvalue weighted by Gasteiger charge is 2.00. The molecule has 0 saturated heterocycles. The maximum atomic E-state index is 9.64. The van der Waals surface area contributed by atoms with E-state index in [2.05, 4.69) is 0 Å². The van der Waals surface area contributed by atoms with Crippen molar-refractivity contribution in [1.29, 1.82) is 0 Å². The van der Waals surface area contributed by atoms with Gasteiger partial charge in [0.2, 0.25) is 0 Å². The highest BCUT2D eigenvalue weighted by atomic mass is 16.4. The van der Waals surface area contributed by atoms with E-state index in [1.807, 2.05) is 6.92 Å². The van der Waals surface area contributed by atoms with Crippen molar-refractivity contribution in [1.82, 2.24) is 0 Å². The maximum absolute atomic E-state index is 9.64. The summed E-state index contributed by atoms with van der Waals surface area (Å²) < 4.78 is 0. The molecule has 0 bridgehead atoms. The van der Waals surface area contributed by atoms with Gasteiger partial charge in [-0.05, 0) is 18.8 Å². The van der Waals surface area contributed by atoms with Gasteiger partial charge in [0.05, 0.1) is 12.8 Å². The van der Waals surface area contributed by atoms with Gasteiger partial charge in [0, 0.05) is 13.2 Å². The number of rotatable bonds is 7. The fraction of sp³-hybridized carbons (Fsp3) is 0.800. The van der Waals surface area contributed by atoms with Crippen LogP contribution in [0.15, 0.2) is 0 Å². The lowest BCUT2D eigenvalue weighted by Gasteiger charge is -2.03. The van der Waals surface area contributed by atoms with E-state index in [4.69, 9.17) is 20.4 Å². The van der Waals surface area contributed by atoms with Crippen molar-refractivity contribution in [3.8, 4) is 0 Å². The summed E-state index contributed by atoms with van der Waals surface area (Å²) in [6.45, 7) is 2.44. The molecular formula is C10H20O6. The van der Waals surface area contributed by atoms with E-state index in [1.54, 1.807) is 0 Å². The van der Waals surface area contributed by atoms with E-state index >= 15 is 0 Å². The Morgan fingerprint density at radius 1 is 1.06 bits per heavy atom. The summed E-state index contributed by atoms with van der Waals surface area (Å²) in [5.41, 5.74) is 0. The average molecular weight is 236 g/mol. The molecule has 0 spiro atoms. The molecule has 0 amide bonds. The van der Waals surface area contributed by atoms with Crippen LogP contribution in [0.5, 0.6) is 0 Å². The highest BCUT2D eigenvalue weighted by molar-refractivity contribution is 5.75. The molecule has 0 aliphatic rings. The van der Waals surface area contributed by atoms with E-state index in [1.165, 1.54) is 0 Å². The van der Waals surface area contributed by atoms with Crippen molar-refractivity contribution in [2.45, 2.75) is 32.6 Å². The number of aliphatic hydroxyl groups excluding tert-OH is 2. The molecule has 0 saturated carbocycles. The van der Waals surface area contributed by atoms with E-state index in [-0.39, 0.29) is 26.1 Å². The van der Waals surface area contributed by atoms with Crippen LogP contribution in [0.25, 0.3) is 0 Å². The number of carbonyl (C=O) groups is 2. The van der Waals surface area contributed by atoms with Crippen molar-refractivity contribution >= 4 is 11.9 Å². The van der Waals surface area contributed by atoms with Gasteiger partial charge in [-0.2, -0.15) is 0 Å². The Morgan fingerprint density at radius 2 is 1.50 bits per heavy atom. The van der Waals surface area contributed by atoms with Gasteiger partial charge in [0.1, 0.15) is 0 Å². The normalized spacial score (nSPS) is 11.2. The van der Waals surface area contributed by atoms with E-state index in [0.29, 0.717) is 5.92 Å². The Labute approximate surface area is 94.5 Å². The summed E-state index contributed by atoms with van der Waals surface area (Å²) in [6, 6.07) is 0. The molecule has 0 rings (SSSR count). The van der Waals surface area contributed by atoms with Crippen LogP contribution in [0, 0.1) is 5.92 Å². The number of hydrogen-bond acceptors (Lipinski definition) is 4. The van der Waals surface area contributed by atoms with Crippen LogP contribution >= 0.6 is 0 Å². The zero-order valence-corrected chi connectivity index (χ0v) is 9.43. The minimum Gasteiger partial charge on any atom is -0.481 e. The molecule has 16 heavy (non-hydrogen) atoms. The van der Waals surface area contributed by atoms with Gasteiger partial charge in [-0.3, -0.25) is 9.59 Å². The number of hydrogen-bond donors (Lipinski definition) is 4. The Kier molecular flexibility index (Phi) is 12.9. The van der Waals surface area contributed by atoms with Gasteiger partial charge >= 0.3 is 11.9 Å². The number of aliphatic hydroxyl groups is 2. The molecule has 6 nitrogen and oxygen atoms in total. The van der Waals surface area contributed by atoms with Crippen LogP contribution in [0.3, 0.4) is 0 Å². The second-order valence-corrected chi connectivity index (χ2v) is 3.44. The lowest BCUT2D eigenvalue weighted by Crippen LogP contribution is -2.00. The fourth-order valence-electron chi connectivity index (χ4n) is 0.745. The average Bonchev–Trinajstić information content (AvgIpc) is 2.23. The monoisotopic (exact) mass is 236 g/mol. The lowest BCUT2D eigenvalue weighted by atomic mass is 10.1. The Balaban J connectivity index is 0. The van der Waals surface area contributed by atoms with E-state index in [9.17, 15) is 9.59 Å². The number of aliphatic carboxylic acids is 2. The first-order valence-corrected chi connectivity index (χ1v) is 5.09. The van der Waals surface area contributed by atoms with Crippen LogP contribution in [0.1, 0.15) is 32.6 Å². The van der Waals surface area contributed by atoms with Gasteiger partial charge in [-0.1, -0.05) is 6.92 Å². The van der Waals surface area contributed by atoms with Crippen molar-refractivity contribution in [3.05, 3.63) is 0 Å². The lowest BCUT2D eigenvalue weighted by molar-refractivity contribution is -0.143.